The summed E-state index contributed by atoms with van der Waals surface area (Å²) in [5, 5.41) is 4.45. The molecule has 0 unspecified atom stereocenters. The molecule has 0 saturated carbocycles. The van der Waals surface area contributed by atoms with Crippen LogP contribution in [0.4, 0.5) is 4.79 Å². The molecular formula is C26H32N4O5. The van der Waals surface area contributed by atoms with E-state index in [0.717, 1.165) is 5.56 Å². The summed E-state index contributed by atoms with van der Waals surface area (Å²) in [5.74, 6) is -0.544. The minimum Gasteiger partial charge on any atom is -0.408 e. The van der Waals surface area contributed by atoms with E-state index in [4.69, 9.17) is 9.25 Å². The van der Waals surface area contributed by atoms with E-state index < -0.39 is 11.8 Å². The zero-order valence-electron chi connectivity index (χ0n) is 20.4. The van der Waals surface area contributed by atoms with Crippen molar-refractivity contribution in [3.63, 3.8) is 0 Å². The highest BCUT2D eigenvalue weighted by Gasteiger charge is 2.21. The van der Waals surface area contributed by atoms with Gasteiger partial charge in [-0.15, -0.1) is 5.06 Å². The highest BCUT2D eigenvalue weighted by Crippen LogP contribution is 2.22. The number of hydroxylamine groups is 2. The SMILES string of the molecule is CC(C)(C)c1ccc(CNC(=O)ON2CCN(CCC(=O)c3ccc4[nH]c(=O)oc4c3)CC2)cc1. The summed E-state index contributed by atoms with van der Waals surface area (Å²) in [6, 6.07) is 13.2. The van der Waals surface area contributed by atoms with Gasteiger partial charge >= 0.3 is 11.8 Å². The van der Waals surface area contributed by atoms with Crippen molar-refractivity contribution >= 4 is 23.0 Å². The summed E-state index contributed by atoms with van der Waals surface area (Å²) in [6.07, 6.45) is -0.115. The summed E-state index contributed by atoms with van der Waals surface area (Å²) in [7, 11) is 0. The highest BCUT2D eigenvalue weighted by molar-refractivity contribution is 5.98. The number of amides is 1. The topological polar surface area (TPSA) is 108 Å². The average molecular weight is 481 g/mol. The molecule has 186 valence electrons. The third-order valence-corrected chi connectivity index (χ3v) is 6.20. The number of ketones is 1. The predicted octanol–water partition coefficient (Wildman–Crippen LogP) is 3.45. The highest BCUT2D eigenvalue weighted by atomic mass is 16.7. The van der Waals surface area contributed by atoms with Crippen LogP contribution in [-0.2, 0) is 16.8 Å². The van der Waals surface area contributed by atoms with Gasteiger partial charge in [0.1, 0.15) is 0 Å². The molecule has 3 aromatic rings. The van der Waals surface area contributed by atoms with E-state index in [1.807, 2.05) is 12.1 Å². The number of nitrogens with one attached hydrogen (secondary N) is 2. The van der Waals surface area contributed by atoms with E-state index in [-0.39, 0.29) is 11.2 Å². The van der Waals surface area contributed by atoms with Gasteiger partial charge in [0.2, 0.25) is 0 Å². The fourth-order valence-corrected chi connectivity index (χ4v) is 4.01. The quantitative estimate of drug-likeness (QED) is 0.499. The molecule has 0 spiro atoms. The third kappa shape index (κ3) is 6.58. The number of aromatic amines is 1. The summed E-state index contributed by atoms with van der Waals surface area (Å²) < 4.78 is 5.03. The monoisotopic (exact) mass is 480 g/mol. The van der Waals surface area contributed by atoms with Crippen molar-refractivity contribution in [2.75, 3.05) is 32.7 Å². The van der Waals surface area contributed by atoms with Crippen molar-refractivity contribution in [2.24, 2.45) is 0 Å². The van der Waals surface area contributed by atoms with E-state index in [0.29, 0.717) is 62.4 Å². The Labute approximate surface area is 204 Å². The molecule has 1 saturated heterocycles. The van der Waals surface area contributed by atoms with Crippen LogP contribution in [-0.4, -0.2) is 59.5 Å². The maximum Gasteiger partial charge on any atom is 0.426 e. The summed E-state index contributed by atoms with van der Waals surface area (Å²) in [6.45, 7) is 10.1. The van der Waals surface area contributed by atoms with Crippen LogP contribution < -0.4 is 11.1 Å². The van der Waals surface area contributed by atoms with Gasteiger partial charge in [-0.1, -0.05) is 45.0 Å². The summed E-state index contributed by atoms with van der Waals surface area (Å²) >= 11 is 0. The number of Topliss-reactive ketones (excluding diaryl/α,β-unsaturated/α-hetero) is 1. The second-order valence-corrected chi connectivity index (χ2v) is 9.85. The number of nitrogens with zero attached hydrogens (tertiary/aromatic N) is 2. The van der Waals surface area contributed by atoms with Crippen LogP contribution in [0, 0.1) is 0 Å². The maximum absolute atomic E-state index is 12.6. The first-order valence-corrected chi connectivity index (χ1v) is 11.9. The lowest BCUT2D eigenvalue weighted by Gasteiger charge is -2.33. The zero-order valence-corrected chi connectivity index (χ0v) is 20.4. The Kier molecular flexibility index (Phi) is 7.37. The molecule has 1 amide bonds. The second kappa shape index (κ2) is 10.5. The standard InChI is InChI=1S/C26H32N4O5/c1-26(2,3)20-7-4-18(5-8-20)17-27-24(32)35-30-14-12-29(13-15-30)11-10-22(31)19-6-9-21-23(16-19)34-25(33)28-21/h4-9,16H,10-15,17H2,1-3H3,(H,27,32)(H,28,33). The number of carbonyl (C=O) groups excluding carboxylic acids is 2. The number of hydrogen-bond acceptors (Lipinski definition) is 7. The van der Waals surface area contributed by atoms with Gasteiger partial charge in [0.25, 0.3) is 0 Å². The molecule has 1 fully saturated rings. The van der Waals surface area contributed by atoms with Crippen LogP contribution in [0.3, 0.4) is 0 Å². The van der Waals surface area contributed by atoms with E-state index in [1.165, 1.54) is 5.56 Å². The molecule has 1 aromatic heterocycles. The van der Waals surface area contributed by atoms with Crippen molar-refractivity contribution < 1.29 is 18.8 Å². The van der Waals surface area contributed by atoms with Crippen molar-refractivity contribution in [3.8, 4) is 0 Å². The van der Waals surface area contributed by atoms with Crippen molar-refractivity contribution in [1.29, 1.82) is 0 Å². The van der Waals surface area contributed by atoms with E-state index in [9.17, 15) is 14.4 Å². The smallest absolute Gasteiger partial charge is 0.408 e. The predicted molar refractivity (Wildman–Crippen MR) is 132 cm³/mol. The largest absolute Gasteiger partial charge is 0.426 e. The molecule has 4 rings (SSSR count). The van der Waals surface area contributed by atoms with Crippen LogP contribution in [0.15, 0.2) is 51.7 Å². The molecule has 2 heterocycles. The Morgan fingerprint density at radius 2 is 1.77 bits per heavy atom. The molecule has 9 nitrogen and oxygen atoms in total. The molecule has 0 radical (unpaired) electrons. The Morgan fingerprint density at radius 3 is 2.46 bits per heavy atom. The summed E-state index contributed by atoms with van der Waals surface area (Å²) in [4.78, 5) is 46.2. The van der Waals surface area contributed by atoms with Crippen molar-refractivity contribution in [3.05, 3.63) is 69.7 Å². The molecular weight excluding hydrogens is 448 g/mol. The van der Waals surface area contributed by atoms with Gasteiger partial charge in [0.15, 0.2) is 11.4 Å². The Balaban J connectivity index is 1.16. The van der Waals surface area contributed by atoms with Gasteiger partial charge in [-0.05, 0) is 34.7 Å². The lowest BCUT2D eigenvalue weighted by Crippen LogP contribution is -2.48. The Morgan fingerprint density at radius 1 is 1.06 bits per heavy atom. The fourth-order valence-electron chi connectivity index (χ4n) is 4.01. The molecule has 1 aliphatic rings. The second-order valence-electron chi connectivity index (χ2n) is 9.85. The average Bonchev–Trinajstić information content (AvgIpc) is 3.21. The summed E-state index contributed by atoms with van der Waals surface area (Å²) in [5.41, 5.74) is 3.83. The number of carbonyl (C=O) groups is 2. The number of rotatable bonds is 7. The van der Waals surface area contributed by atoms with E-state index in [1.54, 1.807) is 23.3 Å². The van der Waals surface area contributed by atoms with E-state index in [2.05, 4.69) is 48.1 Å². The number of H-pyrrole nitrogens is 1. The van der Waals surface area contributed by atoms with Crippen LogP contribution >= 0.6 is 0 Å². The molecule has 0 bridgehead atoms. The van der Waals surface area contributed by atoms with Crippen molar-refractivity contribution in [1.82, 2.24) is 20.3 Å². The molecule has 1 aliphatic heterocycles. The van der Waals surface area contributed by atoms with Gasteiger partial charge in [-0.25, -0.2) is 9.59 Å². The third-order valence-electron chi connectivity index (χ3n) is 6.20. The Bertz CT molecular complexity index is 1230. The fraction of sp³-hybridized carbons (Fsp3) is 0.423. The van der Waals surface area contributed by atoms with Gasteiger partial charge in [0.05, 0.1) is 5.52 Å². The first-order valence-electron chi connectivity index (χ1n) is 11.9. The molecule has 35 heavy (non-hydrogen) atoms. The van der Waals surface area contributed by atoms with Crippen molar-refractivity contribution in [2.45, 2.75) is 39.2 Å². The maximum atomic E-state index is 12.6. The Hall–Kier alpha value is -3.43. The van der Waals surface area contributed by atoms with Gasteiger partial charge in [-0.2, -0.15) is 0 Å². The first kappa shape index (κ1) is 24.7. The molecule has 2 aromatic carbocycles. The number of hydrogen-bond donors (Lipinski definition) is 2. The number of benzene rings is 2. The molecule has 9 heteroatoms. The first-order chi connectivity index (χ1) is 16.7. The lowest BCUT2D eigenvalue weighted by atomic mass is 9.87. The minimum atomic E-state index is -0.534. The molecule has 0 atom stereocenters. The number of aromatic nitrogens is 1. The van der Waals surface area contributed by atoms with Crippen LogP contribution in [0.25, 0.3) is 11.1 Å². The normalized spacial score (nSPS) is 15.3. The molecule has 2 N–H and O–H groups in total. The lowest BCUT2D eigenvalue weighted by molar-refractivity contribution is -0.122. The number of piperazine rings is 1. The van der Waals surface area contributed by atoms with Gasteiger partial charge in [-0.3, -0.25) is 9.78 Å². The minimum absolute atomic E-state index is 0.00987. The number of fused-ring (bicyclic) bond motifs is 1. The van der Waals surface area contributed by atoms with E-state index >= 15 is 0 Å². The van der Waals surface area contributed by atoms with Crippen LogP contribution in [0.2, 0.25) is 0 Å². The zero-order chi connectivity index (χ0) is 25.0. The molecule has 0 aliphatic carbocycles. The number of oxazole rings is 1. The van der Waals surface area contributed by atoms with Gasteiger partial charge in [0, 0.05) is 51.3 Å². The van der Waals surface area contributed by atoms with Crippen LogP contribution in [0.5, 0.6) is 0 Å². The van der Waals surface area contributed by atoms with Gasteiger partial charge < -0.3 is 19.5 Å². The van der Waals surface area contributed by atoms with Crippen LogP contribution in [0.1, 0.15) is 48.7 Å².